The van der Waals surface area contributed by atoms with E-state index in [2.05, 4.69) is 42.4 Å². The largest absolute Gasteiger partial charge is 0.411 e. The molecule has 0 spiro atoms. The third kappa shape index (κ3) is 2.92. The zero-order chi connectivity index (χ0) is 16.2. The third-order valence-electron chi connectivity index (χ3n) is 3.35. The van der Waals surface area contributed by atoms with Gasteiger partial charge in [-0.25, -0.2) is 5.84 Å². The monoisotopic (exact) mass is 425 g/mol. The van der Waals surface area contributed by atoms with Crippen LogP contribution in [0.2, 0.25) is 0 Å². The van der Waals surface area contributed by atoms with Crippen LogP contribution in [0, 0.1) is 0 Å². The maximum absolute atomic E-state index is 12.6. The summed E-state index contributed by atoms with van der Waals surface area (Å²) in [5, 5.41) is 11.7. The molecule has 114 valence electrons. The second kappa shape index (κ2) is 7.04. The van der Waals surface area contributed by atoms with E-state index in [0.29, 0.717) is 10.1 Å². The van der Waals surface area contributed by atoms with E-state index >= 15 is 0 Å². The summed E-state index contributed by atoms with van der Waals surface area (Å²) in [7, 11) is 0. The van der Waals surface area contributed by atoms with Gasteiger partial charge in [-0.15, -0.1) is 0 Å². The molecule has 2 rings (SSSR count). The normalized spacial score (nSPS) is 22.9. The molecule has 1 unspecified atom stereocenters. The second-order valence-corrected chi connectivity index (χ2v) is 6.28. The van der Waals surface area contributed by atoms with Gasteiger partial charge in [0, 0.05) is 8.96 Å². The maximum atomic E-state index is 12.6. The quantitative estimate of drug-likeness (QED) is 0.228. The van der Waals surface area contributed by atoms with Gasteiger partial charge in [-0.05, 0) is 35.4 Å². The van der Waals surface area contributed by atoms with Crippen LogP contribution >= 0.6 is 31.9 Å². The molecule has 0 saturated heterocycles. The smallest absolute Gasteiger partial charge is 0.252 e. The lowest BCUT2D eigenvalue weighted by Gasteiger charge is -2.34. The molecule has 1 aliphatic carbocycles. The Kier molecular flexibility index (Phi) is 5.33. The molecule has 0 bridgehead atoms. The van der Waals surface area contributed by atoms with Crippen molar-refractivity contribution in [3.63, 3.8) is 0 Å². The van der Waals surface area contributed by atoms with Crippen LogP contribution in [0.15, 0.2) is 68.3 Å². The highest BCUT2D eigenvalue weighted by Crippen LogP contribution is 2.43. The molecular formula is C15H13Br2N3O2. The molecule has 0 fully saturated rings. The zero-order valence-corrected chi connectivity index (χ0v) is 14.5. The number of carbonyl (C=O) groups excluding carboxylic acids is 1. The molecule has 0 saturated carbocycles. The van der Waals surface area contributed by atoms with E-state index in [1.807, 2.05) is 24.3 Å². The van der Waals surface area contributed by atoms with Crippen molar-refractivity contribution in [2.24, 2.45) is 11.0 Å². The number of allylic oxidation sites excluding steroid dienone is 4. The molecule has 1 amide bonds. The molecule has 1 aromatic rings. The number of rotatable bonds is 3. The zero-order valence-electron chi connectivity index (χ0n) is 11.3. The van der Waals surface area contributed by atoms with Crippen molar-refractivity contribution in [2.75, 3.05) is 0 Å². The molecule has 0 radical (unpaired) electrons. The number of amides is 1. The first-order chi connectivity index (χ1) is 10.6. The van der Waals surface area contributed by atoms with Crippen molar-refractivity contribution in [1.29, 1.82) is 0 Å². The first-order valence-corrected chi connectivity index (χ1v) is 7.85. The van der Waals surface area contributed by atoms with E-state index in [1.54, 1.807) is 24.3 Å². The van der Waals surface area contributed by atoms with Crippen molar-refractivity contribution in [3.05, 3.63) is 68.7 Å². The number of nitrogens with two attached hydrogens (primary N) is 1. The van der Waals surface area contributed by atoms with Crippen molar-refractivity contribution in [2.45, 2.75) is 5.41 Å². The van der Waals surface area contributed by atoms with Gasteiger partial charge < -0.3 is 5.21 Å². The summed E-state index contributed by atoms with van der Waals surface area (Å²) in [5.74, 6) is 5.01. The highest BCUT2D eigenvalue weighted by Gasteiger charge is 2.43. The van der Waals surface area contributed by atoms with Gasteiger partial charge in [0.25, 0.3) is 5.91 Å². The summed E-state index contributed by atoms with van der Waals surface area (Å²) in [6.45, 7) is 0. The minimum absolute atomic E-state index is 0.399. The number of hydrogen-bond acceptors (Lipinski definition) is 4. The van der Waals surface area contributed by atoms with Crippen LogP contribution in [-0.4, -0.2) is 17.3 Å². The molecule has 22 heavy (non-hydrogen) atoms. The number of oxime groups is 1. The summed E-state index contributed by atoms with van der Waals surface area (Å²) in [4.78, 5) is 12.6. The molecule has 1 aliphatic rings. The fourth-order valence-corrected chi connectivity index (χ4v) is 3.39. The predicted octanol–water partition coefficient (Wildman–Crippen LogP) is 2.91. The Labute approximate surface area is 144 Å². The van der Waals surface area contributed by atoms with Gasteiger partial charge >= 0.3 is 0 Å². The van der Waals surface area contributed by atoms with Crippen molar-refractivity contribution < 1.29 is 10.0 Å². The standard InChI is InChI=1S/C15H13Br2N3O2/c16-11-4-1-3-10(9-11)15(14(21)20-18)7-2-5-13(17)12(15)6-8-19-22/h1-9,22H,18H2,(H,20,21). The highest BCUT2D eigenvalue weighted by atomic mass is 79.9. The van der Waals surface area contributed by atoms with E-state index in [4.69, 9.17) is 11.0 Å². The SMILES string of the molecule is NNC(=O)C1(c2cccc(Br)c2)C=CC=C(Br)C1=CC=NO. The molecule has 0 aromatic heterocycles. The molecule has 4 N–H and O–H groups in total. The van der Waals surface area contributed by atoms with Gasteiger partial charge in [-0.2, -0.15) is 0 Å². The van der Waals surface area contributed by atoms with E-state index < -0.39 is 11.3 Å². The molecule has 0 heterocycles. The lowest BCUT2D eigenvalue weighted by atomic mass is 9.71. The Hall–Kier alpha value is -1.70. The molecule has 5 nitrogen and oxygen atoms in total. The number of benzene rings is 1. The average molecular weight is 427 g/mol. The van der Waals surface area contributed by atoms with Crippen LogP contribution in [-0.2, 0) is 10.2 Å². The minimum Gasteiger partial charge on any atom is -0.411 e. The third-order valence-corrected chi connectivity index (χ3v) is 4.53. The van der Waals surface area contributed by atoms with Crippen molar-refractivity contribution >= 4 is 44.0 Å². The second-order valence-electron chi connectivity index (χ2n) is 4.51. The van der Waals surface area contributed by atoms with Gasteiger partial charge in [0.1, 0.15) is 5.41 Å². The first kappa shape index (κ1) is 16.7. The molecule has 1 atom stereocenters. The Morgan fingerprint density at radius 2 is 2.18 bits per heavy atom. The van der Waals surface area contributed by atoms with Crippen molar-refractivity contribution in [3.8, 4) is 0 Å². The fourth-order valence-electron chi connectivity index (χ4n) is 2.39. The van der Waals surface area contributed by atoms with E-state index in [9.17, 15) is 4.79 Å². The van der Waals surface area contributed by atoms with E-state index in [-0.39, 0.29) is 0 Å². The average Bonchev–Trinajstić information content (AvgIpc) is 2.52. The summed E-state index contributed by atoms with van der Waals surface area (Å²) in [6, 6.07) is 7.38. The Morgan fingerprint density at radius 1 is 1.41 bits per heavy atom. The number of hydrazine groups is 1. The van der Waals surface area contributed by atoms with E-state index in [0.717, 1.165) is 10.0 Å². The molecule has 7 heteroatoms. The lowest BCUT2D eigenvalue weighted by Crippen LogP contribution is -2.48. The van der Waals surface area contributed by atoms with Crippen LogP contribution in [0.3, 0.4) is 0 Å². The van der Waals surface area contributed by atoms with Gasteiger partial charge in [0.15, 0.2) is 0 Å². The minimum atomic E-state index is -1.13. The van der Waals surface area contributed by atoms with Crippen LogP contribution in [0.4, 0.5) is 0 Å². The summed E-state index contributed by atoms with van der Waals surface area (Å²) >= 11 is 6.85. The fraction of sp³-hybridized carbons (Fsp3) is 0.0667. The molecule has 0 aliphatic heterocycles. The van der Waals surface area contributed by atoms with Gasteiger partial charge in [0.05, 0.1) is 6.21 Å². The Balaban J connectivity index is 2.75. The summed E-state index contributed by atoms with van der Waals surface area (Å²) in [5.41, 5.74) is 2.42. The number of carbonyl (C=O) groups is 1. The predicted molar refractivity (Wildman–Crippen MR) is 92.7 cm³/mol. The Bertz CT molecular complexity index is 710. The first-order valence-electron chi connectivity index (χ1n) is 6.27. The number of hydrogen-bond donors (Lipinski definition) is 3. The van der Waals surface area contributed by atoms with Crippen molar-refractivity contribution in [1.82, 2.24) is 5.43 Å². The van der Waals surface area contributed by atoms with Gasteiger partial charge in [-0.3, -0.25) is 10.2 Å². The summed E-state index contributed by atoms with van der Waals surface area (Å²) < 4.78 is 1.53. The van der Waals surface area contributed by atoms with E-state index in [1.165, 1.54) is 6.21 Å². The number of nitrogens with zero attached hydrogens (tertiary/aromatic N) is 1. The molecule has 1 aromatic carbocycles. The van der Waals surface area contributed by atoms with Gasteiger partial charge in [-0.1, -0.05) is 61.3 Å². The molecular weight excluding hydrogens is 414 g/mol. The lowest BCUT2D eigenvalue weighted by molar-refractivity contribution is -0.124. The summed E-state index contributed by atoms with van der Waals surface area (Å²) in [6.07, 6.45) is 8.09. The van der Waals surface area contributed by atoms with Crippen LogP contribution in [0.25, 0.3) is 0 Å². The number of halogens is 2. The van der Waals surface area contributed by atoms with Crippen LogP contribution < -0.4 is 11.3 Å². The Morgan fingerprint density at radius 3 is 2.82 bits per heavy atom. The highest BCUT2D eigenvalue weighted by molar-refractivity contribution is 9.12. The van der Waals surface area contributed by atoms with Crippen LogP contribution in [0.5, 0.6) is 0 Å². The van der Waals surface area contributed by atoms with Crippen LogP contribution in [0.1, 0.15) is 5.56 Å². The maximum Gasteiger partial charge on any atom is 0.252 e. The van der Waals surface area contributed by atoms with Gasteiger partial charge in [0.2, 0.25) is 0 Å². The topological polar surface area (TPSA) is 87.7 Å². The number of nitrogens with one attached hydrogen (secondary N) is 1.